The smallest absolute Gasteiger partial charge is 0.221 e. The van der Waals surface area contributed by atoms with E-state index in [2.05, 4.69) is 10.3 Å². The Morgan fingerprint density at radius 2 is 2.04 bits per heavy atom. The quantitative estimate of drug-likeness (QED) is 0.780. The van der Waals surface area contributed by atoms with E-state index in [1.165, 1.54) is 10.6 Å². The number of aromatic nitrogens is 1. The first-order valence-corrected chi connectivity index (χ1v) is 8.93. The Labute approximate surface area is 135 Å². The van der Waals surface area contributed by atoms with Crippen molar-refractivity contribution in [2.24, 2.45) is 0 Å². The predicted octanol–water partition coefficient (Wildman–Crippen LogP) is 1.14. The highest BCUT2D eigenvalue weighted by molar-refractivity contribution is 7.88. The van der Waals surface area contributed by atoms with Crippen molar-refractivity contribution >= 4 is 15.9 Å². The minimum absolute atomic E-state index is 0.0822. The summed E-state index contributed by atoms with van der Waals surface area (Å²) in [4.78, 5) is 15.7. The average Bonchev–Trinajstić information content (AvgIpc) is 3.02. The van der Waals surface area contributed by atoms with Gasteiger partial charge in [0.15, 0.2) is 0 Å². The summed E-state index contributed by atoms with van der Waals surface area (Å²) in [6, 6.07) is 6.98. The fraction of sp³-hybridized carbons (Fsp3) is 0.333. The number of carbonyl (C=O) groups excluding carboxylic acids is 1. The number of rotatable bonds is 8. The van der Waals surface area contributed by atoms with E-state index < -0.39 is 10.0 Å². The molecule has 0 saturated carbocycles. The summed E-state index contributed by atoms with van der Waals surface area (Å²) < 4.78 is 30.1. The maximum absolute atomic E-state index is 11.9. The second-order valence-corrected chi connectivity index (χ2v) is 7.04. The van der Waals surface area contributed by atoms with Gasteiger partial charge < -0.3 is 9.73 Å². The van der Waals surface area contributed by atoms with Crippen LogP contribution in [0.4, 0.5) is 0 Å². The molecule has 1 N–H and O–H groups in total. The number of nitrogens with zero attached hydrogens (tertiary/aromatic N) is 2. The van der Waals surface area contributed by atoms with Crippen molar-refractivity contribution in [3.63, 3.8) is 0 Å². The van der Waals surface area contributed by atoms with E-state index in [1.54, 1.807) is 36.7 Å². The molecule has 2 heterocycles. The molecule has 7 nitrogen and oxygen atoms in total. The summed E-state index contributed by atoms with van der Waals surface area (Å²) in [7, 11) is -3.40. The van der Waals surface area contributed by atoms with Crippen molar-refractivity contribution in [3.05, 3.63) is 54.2 Å². The van der Waals surface area contributed by atoms with Crippen molar-refractivity contribution in [3.8, 4) is 0 Å². The van der Waals surface area contributed by atoms with Gasteiger partial charge in [0.05, 0.1) is 19.1 Å². The molecular formula is C15H19N3O4S. The van der Waals surface area contributed by atoms with Crippen molar-refractivity contribution in [2.75, 3.05) is 12.8 Å². The van der Waals surface area contributed by atoms with Crippen molar-refractivity contribution in [1.29, 1.82) is 0 Å². The summed E-state index contributed by atoms with van der Waals surface area (Å²) in [5.41, 5.74) is 0.821. The third kappa shape index (κ3) is 5.84. The molecule has 0 aliphatic heterocycles. The van der Waals surface area contributed by atoms with E-state index in [4.69, 9.17) is 4.42 Å². The minimum Gasteiger partial charge on any atom is -0.467 e. The van der Waals surface area contributed by atoms with Crippen LogP contribution in [0.1, 0.15) is 17.7 Å². The molecule has 0 aliphatic carbocycles. The Bertz CT molecular complexity index is 714. The van der Waals surface area contributed by atoms with Gasteiger partial charge in [-0.1, -0.05) is 0 Å². The van der Waals surface area contributed by atoms with Gasteiger partial charge in [0.25, 0.3) is 0 Å². The predicted molar refractivity (Wildman–Crippen MR) is 84.7 cm³/mol. The molecule has 2 aromatic heterocycles. The largest absolute Gasteiger partial charge is 0.467 e. The second-order valence-electron chi connectivity index (χ2n) is 5.06. The van der Waals surface area contributed by atoms with Gasteiger partial charge in [0.2, 0.25) is 15.9 Å². The SMILES string of the molecule is CS(=O)(=O)N(CCC(=O)NCc1ccco1)Cc1ccncc1. The Morgan fingerprint density at radius 3 is 2.65 bits per heavy atom. The summed E-state index contributed by atoms with van der Waals surface area (Å²) >= 11 is 0. The fourth-order valence-electron chi connectivity index (χ4n) is 1.97. The van der Waals surface area contributed by atoms with E-state index in [1.807, 2.05) is 0 Å². The third-order valence-corrected chi connectivity index (χ3v) is 4.46. The molecule has 124 valence electrons. The van der Waals surface area contributed by atoms with E-state index in [-0.39, 0.29) is 32.0 Å². The number of carbonyl (C=O) groups is 1. The van der Waals surface area contributed by atoms with Crippen molar-refractivity contribution in [2.45, 2.75) is 19.5 Å². The Hall–Kier alpha value is -2.19. The first-order valence-electron chi connectivity index (χ1n) is 7.08. The lowest BCUT2D eigenvalue weighted by Crippen LogP contribution is -2.34. The van der Waals surface area contributed by atoms with Gasteiger partial charge in [-0.3, -0.25) is 9.78 Å². The minimum atomic E-state index is -3.40. The number of furan rings is 1. The number of sulfonamides is 1. The maximum atomic E-state index is 11.9. The van der Waals surface area contributed by atoms with Gasteiger partial charge in [0.1, 0.15) is 5.76 Å². The molecule has 1 amide bonds. The first kappa shape index (κ1) is 17.2. The topological polar surface area (TPSA) is 92.5 Å². The lowest BCUT2D eigenvalue weighted by Gasteiger charge is -2.19. The molecule has 0 saturated heterocycles. The first-order chi connectivity index (χ1) is 10.9. The van der Waals surface area contributed by atoms with Crippen molar-refractivity contribution in [1.82, 2.24) is 14.6 Å². The van der Waals surface area contributed by atoms with E-state index >= 15 is 0 Å². The highest BCUT2D eigenvalue weighted by Crippen LogP contribution is 2.08. The van der Waals surface area contributed by atoms with Crippen LogP contribution in [0, 0.1) is 0 Å². The molecule has 0 fully saturated rings. The standard InChI is InChI=1S/C15H19N3O4S/c1-23(20,21)18(12-13-4-7-16-8-5-13)9-6-15(19)17-11-14-3-2-10-22-14/h2-5,7-8,10H,6,9,11-12H2,1H3,(H,17,19). The highest BCUT2D eigenvalue weighted by atomic mass is 32.2. The number of hydrogen-bond donors (Lipinski definition) is 1. The second kappa shape index (κ2) is 7.89. The average molecular weight is 337 g/mol. The Kier molecular flexibility index (Phi) is 5.89. The molecule has 0 atom stereocenters. The molecule has 8 heteroatoms. The van der Waals surface area contributed by atoms with Gasteiger partial charge in [-0.15, -0.1) is 0 Å². The van der Waals surface area contributed by atoms with Gasteiger partial charge in [0, 0.05) is 31.9 Å². The molecule has 0 radical (unpaired) electrons. The van der Waals surface area contributed by atoms with Gasteiger partial charge in [-0.2, -0.15) is 4.31 Å². The zero-order valence-corrected chi connectivity index (χ0v) is 13.6. The highest BCUT2D eigenvalue weighted by Gasteiger charge is 2.18. The number of amides is 1. The van der Waals surface area contributed by atoms with Crippen LogP contribution in [0.25, 0.3) is 0 Å². The van der Waals surface area contributed by atoms with Gasteiger partial charge >= 0.3 is 0 Å². The normalized spacial score (nSPS) is 11.6. The number of pyridine rings is 1. The van der Waals surface area contributed by atoms with Crippen LogP contribution in [0.15, 0.2) is 47.3 Å². The number of nitrogens with one attached hydrogen (secondary N) is 1. The van der Waals surface area contributed by atoms with Crippen LogP contribution in [0.3, 0.4) is 0 Å². The van der Waals surface area contributed by atoms with Crippen LogP contribution in [0.5, 0.6) is 0 Å². The molecular weight excluding hydrogens is 318 g/mol. The van der Waals surface area contributed by atoms with Crippen LogP contribution in [-0.4, -0.2) is 36.4 Å². The Balaban J connectivity index is 1.87. The van der Waals surface area contributed by atoms with Crippen LogP contribution in [-0.2, 0) is 27.9 Å². The Morgan fingerprint density at radius 1 is 1.30 bits per heavy atom. The maximum Gasteiger partial charge on any atom is 0.221 e. The van der Waals surface area contributed by atoms with Crippen LogP contribution >= 0.6 is 0 Å². The lowest BCUT2D eigenvalue weighted by atomic mass is 10.2. The molecule has 23 heavy (non-hydrogen) atoms. The zero-order valence-electron chi connectivity index (χ0n) is 12.8. The number of hydrogen-bond acceptors (Lipinski definition) is 5. The third-order valence-electron chi connectivity index (χ3n) is 3.21. The molecule has 0 bridgehead atoms. The van der Waals surface area contributed by atoms with E-state index in [9.17, 15) is 13.2 Å². The summed E-state index contributed by atoms with van der Waals surface area (Å²) in [6.07, 6.45) is 5.95. The fourth-order valence-corrected chi connectivity index (χ4v) is 2.77. The zero-order chi connectivity index (χ0) is 16.7. The van der Waals surface area contributed by atoms with Crippen LogP contribution < -0.4 is 5.32 Å². The van der Waals surface area contributed by atoms with Crippen LogP contribution in [0.2, 0.25) is 0 Å². The molecule has 0 spiro atoms. The monoisotopic (exact) mass is 337 g/mol. The lowest BCUT2D eigenvalue weighted by molar-refractivity contribution is -0.121. The summed E-state index contributed by atoms with van der Waals surface area (Å²) in [6.45, 7) is 0.618. The molecule has 2 rings (SSSR count). The molecule has 0 aliphatic rings. The van der Waals surface area contributed by atoms with Crippen molar-refractivity contribution < 1.29 is 17.6 Å². The molecule has 0 unspecified atom stereocenters. The summed E-state index contributed by atoms with van der Waals surface area (Å²) in [5, 5.41) is 2.69. The molecule has 2 aromatic rings. The molecule has 0 aromatic carbocycles. The van der Waals surface area contributed by atoms with Gasteiger partial charge in [-0.05, 0) is 29.8 Å². The van der Waals surface area contributed by atoms with E-state index in [0.717, 1.165) is 11.8 Å². The van der Waals surface area contributed by atoms with E-state index in [0.29, 0.717) is 5.76 Å². The van der Waals surface area contributed by atoms with Gasteiger partial charge in [-0.25, -0.2) is 8.42 Å². The summed E-state index contributed by atoms with van der Waals surface area (Å²) in [5.74, 6) is 0.417.